The summed E-state index contributed by atoms with van der Waals surface area (Å²) in [4.78, 5) is 0. The first-order chi connectivity index (χ1) is 9.22. The minimum absolute atomic E-state index is 0.324. The molecule has 0 aliphatic heterocycles. The van der Waals surface area contributed by atoms with Gasteiger partial charge in [-0.15, -0.1) is 0 Å². The molecular weight excluding hydrogens is 232 g/mol. The molecule has 0 radical (unpaired) electrons. The van der Waals surface area contributed by atoms with Gasteiger partial charge in [0.15, 0.2) is 0 Å². The summed E-state index contributed by atoms with van der Waals surface area (Å²) in [6, 6.07) is 17.0. The van der Waals surface area contributed by atoms with E-state index in [1.807, 2.05) is 0 Å². The second-order valence-corrected chi connectivity index (χ2v) is 4.95. The fourth-order valence-corrected chi connectivity index (χ4v) is 2.12. The Labute approximate surface area is 116 Å². The number of ether oxygens (including phenoxy) is 1. The largest absolute Gasteiger partial charge is 0.490 e. The van der Waals surface area contributed by atoms with Crippen molar-refractivity contribution in [2.24, 2.45) is 0 Å². The molecule has 19 heavy (non-hydrogen) atoms. The molecule has 1 nitrogen and oxygen atoms in total. The summed E-state index contributed by atoms with van der Waals surface area (Å²) in [6.07, 6.45) is 2.43. The van der Waals surface area contributed by atoms with Crippen molar-refractivity contribution in [1.29, 1.82) is 0 Å². The van der Waals surface area contributed by atoms with Gasteiger partial charge >= 0.3 is 0 Å². The summed E-state index contributed by atoms with van der Waals surface area (Å²) in [7, 11) is 0. The molecule has 0 aromatic heterocycles. The summed E-state index contributed by atoms with van der Waals surface area (Å²) in [5, 5.41) is 0. The Morgan fingerprint density at radius 2 is 1.26 bits per heavy atom. The van der Waals surface area contributed by atoms with E-state index >= 15 is 0 Å². The Morgan fingerprint density at radius 1 is 0.789 bits per heavy atom. The van der Waals surface area contributed by atoms with Crippen LogP contribution >= 0.6 is 0 Å². The molecule has 0 N–H and O–H groups in total. The van der Waals surface area contributed by atoms with E-state index in [9.17, 15) is 0 Å². The number of aryl methyl sites for hydroxylation is 1. The van der Waals surface area contributed by atoms with E-state index in [-0.39, 0.29) is 0 Å². The molecule has 0 fully saturated rings. The fourth-order valence-electron chi connectivity index (χ4n) is 2.12. The third kappa shape index (κ3) is 3.60. The molecule has 0 unspecified atom stereocenters. The zero-order chi connectivity index (χ0) is 13.7. The number of hydrogen-bond donors (Lipinski definition) is 0. The average molecular weight is 254 g/mol. The standard InChI is InChI=1S/C18H22O/c1-4-17(5-2)19-18-12-10-16(11-13-18)15-8-6-14(3)7-9-15/h6-13,17H,4-5H2,1-3H3. The smallest absolute Gasteiger partial charge is 0.119 e. The van der Waals surface area contributed by atoms with Crippen LogP contribution in [0.5, 0.6) is 5.75 Å². The van der Waals surface area contributed by atoms with Crippen molar-refractivity contribution >= 4 is 0 Å². The van der Waals surface area contributed by atoms with Crippen molar-refractivity contribution in [2.75, 3.05) is 0 Å². The molecule has 2 rings (SSSR count). The molecule has 0 saturated heterocycles. The van der Waals surface area contributed by atoms with Gasteiger partial charge in [-0.3, -0.25) is 0 Å². The van der Waals surface area contributed by atoms with Crippen molar-refractivity contribution in [3.63, 3.8) is 0 Å². The van der Waals surface area contributed by atoms with E-state index < -0.39 is 0 Å². The number of benzene rings is 2. The molecule has 0 bridgehead atoms. The highest BCUT2D eigenvalue weighted by atomic mass is 16.5. The lowest BCUT2D eigenvalue weighted by molar-refractivity contribution is 0.193. The van der Waals surface area contributed by atoms with Crippen molar-refractivity contribution in [3.05, 3.63) is 54.1 Å². The van der Waals surface area contributed by atoms with Crippen LogP contribution in [-0.2, 0) is 0 Å². The van der Waals surface area contributed by atoms with Crippen LogP contribution < -0.4 is 4.74 Å². The molecule has 2 aromatic carbocycles. The third-order valence-corrected chi connectivity index (χ3v) is 3.45. The highest BCUT2D eigenvalue weighted by Gasteiger charge is 2.05. The molecule has 0 aliphatic rings. The first-order valence-corrected chi connectivity index (χ1v) is 7.06. The lowest BCUT2D eigenvalue weighted by Gasteiger charge is -2.15. The Balaban J connectivity index is 2.12. The van der Waals surface area contributed by atoms with Crippen molar-refractivity contribution < 1.29 is 4.74 Å². The molecule has 1 heteroatoms. The molecule has 0 heterocycles. The second-order valence-electron chi connectivity index (χ2n) is 4.95. The third-order valence-electron chi connectivity index (χ3n) is 3.45. The SMILES string of the molecule is CCC(CC)Oc1ccc(-c2ccc(C)cc2)cc1. The molecule has 0 spiro atoms. The first kappa shape index (κ1) is 13.7. The Morgan fingerprint density at radius 3 is 1.74 bits per heavy atom. The summed E-state index contributed by atoms with van der Waals surface area (Å²) in [6.45, 7) is 6.43. The van der Waals surface area contributed by atoms with Crippen LogP contribution in [-0.4, -0.2) is 6.10 Å². The Hall–Kier alpha value is -1.76. The first-order valence-electron chi connectivity index (χ1n) is 7.06. The molecule has 100 valence electrons. The Kier molecular flexibility index (Phi) is 4.62. The maximum atomic E-state index is 5.92. The fraction of sp³-hybridized carbons (Fsp3) is 0.333. The van der Waals surface area contributed by atoms with Crippen LogP contribution in [0.25, 0.3) is 11.1 Å². The monoisotopic (exact) mass is 254 g/mol. The normalized spacial score (nSPS) is 10.7. The molecule has 0 atom stereocenters. The predicted molar refractivity (Wildman–Crippen MR) is 81.6 cm³/mol. The van der Waals surface area contributed by atoms with E-state index in [0.717, 1.165) is 18.6 Å². The maximum Gasteiger partial charge on any atom is 0.119 e. The summed E-state index contributed by atoms with van der Waals surface area (Å²) >= 11 is 0. The van der Waals surface area contributed by atoms with Crippen LogP contribution in [0.4, 0.5) is 0 Å². The van der Waals surface area contributed by atoms with Crippen LogP contribution in [0.2, 0.25) is 0 Å². The second kappa shape index (κ2) is 6.42. The van der Waals surface area contributed by atoms with E-state index in [0.29, 0.717) is 6.10 Å². The highest BCUT2D eigenvalue weighted by Crippen LogP contribution is 2.23. The molecular formula is C18H22O. The van der Waals surface area contributed by atoms with E-state index in [1.165, 1.54) is 16.7 Å². The van der Waals surface area contributed by atoms with Gasteiger partial charge in [0.2, 0.25) is 0 Å². The molecule has 0 aliphatic carbocycles. The lowest BCUT2D eigenvalue weighted by atomic mass is 10.0. The summed E-state index contributed by atoms with van der Waals surface area (Å²) in [5.74, 6) is 0.963. The molecule has 2 aromatic rings. The number of hydrogen-bond acceptors (Lipinski definition) is 1. The Bertz CT molecular complexity index is 492. The van der Waals surface area contributed by atoms with Crippen LogP contribution in [0.15, 0.2) is 48.5 Å². The minimum Gasteiger partial charge on any atom is -0.490 e. The van der Waals surface area contributed by atoms with E-state index in [2.05, 4.69) is 69.3 Å². The van der Waals surface area contributed by atoms with Gasteiger partial charge in [-0.2, -0.15) is 0 Å². The van der Waals surface area contributed by atoms with Gasteiger partial charge in [0.25, 0.3) is 0 Å². The maximum absolute atomic E-state index is 5.92. The van der Waals surface area contributed by atoms with Crippen molar-refractivity contribution in [2.45, 2.75) is 39.7 Å². The van der Waals surface area contributed by atoms with Gasteiger partial charge < -0.3 is 4.74 Å². The van der Waals surface area contributed by atoms with E-state index in [1.54, 1.807) is 0 Å². The topological polar surface area (TPSA) is 9.23 Å². The highest BCUT2D eigenvalue weighted by molar-refractivity contribution is 5.64. The van der Waals surface area contributed by atoms with Gasteiger partial charge in [0.1, 0.15) is 5.75 Å². The van der Waals surface area contributed by atoms with Crippen LogP contribution in [0, 0.1) is 6.92 Å². The summed E-state index contributed by atoms with van der Waals surface area (Å²) in [5.41, 5.74) is 3.77. The van der Waals surface area contributed by atoms with Crippen molar-refractivity contribution in [1.82, 2.24) is 0 Å². The minimum atomic E-state index is 0.324. The zero-order valence-corrected chi connectivity index (χ0v) is 12.0. The van der Waals surface area contributed by atoms with E-state index in [4.69, 9.17) is 4.74 Å². The predicted octanol–water partition coefficient (Wildman–Crippen LogP) is 5.23. The lowest BCUT2D eigenvalue weighted by Crippen LogP contribution is -2.13. The van der Waals surface area contributed by atoms with Gasteiger partial charge in [-0.25, -0.2) is 0 Å². The van der Waals surface area contributed by atoms with Crippen LogP contribution in [0.3, 0.4) is 0 Å². The quantitative estimate of drug-likeness (QED) is 0.710. The summed E-state index contributed by atoms with van der Waals surface area (Å²) < 4.78 is 5.92. The molecule has 0 saturated carbocycles. The van der Waals surface area contributed by atoms with Crippen LogP contribution in [0.1, 0.15) is 32.3 Å². The molecule has 0 amide bonds. The van der Waals surface area contributed by atoms with Crippen molar-refractivity contribution in [3.8, 4) is 16.9 Å². The van der Waals surface area contributed by atoms with Gasteiger partial charge in [-0.1, -0.05) is 55.8 Å². The van der Waals surface area contributed by atoms with Gasteiger partial charge in [0.05, 0.1) is 6.10 Å². The van der Waals surface area contributed by atoms with Gasteiger partial charge in [0, 0.05) is 0 Å². The zero-order valence-electron chi connectivity index (χ0n) is 12.0. The number of rotatable bonds is 5. The average Bonchev–Trinajstić information content (AvgIpc) is 2.46. The van der Waals surface area contributed by atoms with Gasteiger partial charge in [-0.05, 0) is 43.0 Å².